The van der Waals surface area contributed by atoms with E-state index >= 15 is 0 Å². The first-order valence-electron chi connectivity index (χ1n) is 11.3. The summed E-state index contributed by atoms with van der Waals surface area (Å²) < 4.78 is 11.2. The molecule has 1 N–H and O–H groups in total. The number of aliphatic hydroxyl groups is 1. The molecule has 0 radical (unpaired) electrons. The van der Waals surface area contributed by atoms with Gasteiger partial charge >= 0.3 is 0 Å². The van der Waals surface area contributed by atoms with Crippen LogP contribution in [0.5, 0.6) is 5.75 Å². The van der Waals surface area contributed by atoms with Crippen molar-refractivity contribution in [1.82, 2.24) is 14.8 Å². The van der Waals surface area contributed by atoms with Crippen LogP contribution in [0.1, 0.15) is 29.7 Å². The molecule has 2 unspecified atom stereocenters. The lowest BCUT2D eigenvalue weighted by molar-refractivity contribution is -0.140. The van der Waals surface area contributed by atoms with Gasteiger partial charge in [-0.1, -0.05) is 0 Å². The van der Waals surface area contributed by atoms with Gasteiger partial charge in [0.05, 0.1) is 24.8 Å². The van der Waals surface area contributed by atoms with E-state index in [2.05, 4.69) is 9.88 Å². The van der Waals surface area contributed by atoms with E-state index in [4.69, 9.17) is 9.47 Å². The molecule has 1 aromatic heterocycles. The van der Waals surface area contributed by atoms with Crippen molar-refractivity contribution >= 4 is 17.4 Å². The molecule has 33 heavy (non-hydrogen) atoms. The highest BCUT2D eigenvalue weighted by atomic mass is 16.5. The molecule has 0 bridgehead atoms. The normalized spacial score (nSPS) is 24.7. The number of amides is 1. The van der Waals surface area contributed by atoms with Gasteiger partial charge in [0.1, 0.15) is 17.6 Å². The van der Waals surface area contributed by atoms with E-state index in [9.17, 15) is 14.7 Å². The molecular formula is C25H27N3O5. The number of hydrogen-bond acceptors (Lipinski definition) is 7. The summed E-state index contributed by atoms with van der Waals surface area (Å²) in [6.45, 7) is 5.90. The molecule has 0 spiro atoms. The summed E-state index contributed by atoms with van der Waals surface area (Å²) in [7, 11) is 0. The molecule has 5 rings (SSSR count). The lowest BCUT2D eigenvalue weighted by Gasteiger charge is -2.31. The van der Waals surface area contributed by atoms with Crippen LogP contribution >= 0.6 is 0 Å². The molecule has 8 heteroatoms. The second-order valence-corrected chi connectivity index (χ2v) is 8.68. The number of rotatable bonds is 5. The van der Waals surface area contributed by atoms with Crippen molar-refractivity contribution in [2.75, 3.05) is 39.4 Å². The molecule has 3 aliphatic heterocycles. The monoisotopic (exact) mass is 449 g/mol. The van der Waals surface area contributed by atoms with Crippen LogP contribution in [0.3, 0.4) is 0 Å². The number of benzene rings is 1. The van der Waals surface area contributed by atoms with Crippen LogP contribution < -0.4 is 4.74 Å². The maximum absolute atomic E-state index is 13.2. The van der Waals surface area contributed by atoms with Gasteiger partial charge in [0.25, 0.3) is 11.7 Å². The van der Waals surface area contributed by atoms with Crippen molar-refractivity contribution in [3.05, 3.63) is 65.0 Å². The number of hydrogen-bond donors (Lipinski definition) is 1. The maximum Gasteiger partial charge on any atom is 0.295 e. The molecule has 172 valence electrons. The molecule has 2 aromatic rings. The number of ketones is 1. The van der Waals surface area contributed by atoms with Gasteiger partial charge in [-0.15, -0.1) is 0 Å². The third-order valence-electron chi connectivity index (χ3n) is 6.49. The predicted octanol–water partition coefficient (Wildman–Crippen LogP) is 2.16. The summed E-state index contributed by atoms with van der Waals surface area (Å²) in [6, 6.07) is 8.28. The highest BCUT2D eigenvalue weighted by Gasteiger charge is 2.46. The summed E-state index contributed by atoms with van der Waals surface area (Å²) in [5, 5.41) is 11.3. The number of carbonyl (C=O) groups excluding carboxylic acids is 2. The zero-order valence-electron chi connectivity index (χ0n) is 18.6. The first-order valence-corrected chi connectivity index (χ1v) is 11.3. The van der Waals surface area contributed by atoms with Crippen LogP contribution in [-0.2, 0) is 20.7 Å². The Morgan fingerprint density at radius 2 is 1.88 bits per heavy atom. The highest BCUT2D eigenvalue weighted by Crippen LogP contribution is 2.40. The predicted molar refractivity (Wildman–Crippen MR) is 121 cm³/mol. The molecule has 2 fully saturated rings. The molecule has 3 aliphatic rings. The van der Waals surface area contributed by atoms with Crippen molar-refractivity contribution in [1.29, 1.82) is 0 Å². The number of Topliss-reactive ketones (excluding diaryl/α,β-unsaturated/α-hetero) is 1. The van der Waals surface area contributed by atoms with Gasteiger partial charge in [-0.2, -0.15) is 0 Å². The summed E-state index contributed by atoms with van der Waals surface area (Å²) in [5.74, 6) is -0.631. The standard InChI is InChI=1S/C25H27N3O5/c1-16-14-19-15-18(2-3-20(19)33-16)23(29)21-22(17-4-6-26-7-5-17)28(25(31)24(21)30)9-8-27-10-12-32-13-11-27/h2-7,15-16,22,29H,8-14H2,1H3/b23-21-. The molecule has 2 saturated heterocycles. The lowest BCUT2D eigenvalue weighted by Crippen LogP contribution is -2.42. The molecule has 4 heterocycles. The van der Waals surface area contributed by atoms with Crippen LogP contribution in [0.4, 0.5) is 0 Å². The highest BCUT2D eigenvalue weighted by molar-refractivity contribution is 6.46. The van der Waals surface area contributed by atoms with E-state index in [-0.39, 0.29) is 17.4 Å². The third-order valence-corrected chi connectivity index (χ3v) is 6.49. The maximum atomic E-state index is 13.2. The number of aromatic nitrogens is 1. The zero-order valence-corrected chi connectivity index (χ0v) is 18.6. The van der Waals surface area contributed by atoms with E-state index in [0.29, 0.717) is 31.9 Å². The second-order valence-electron chi connectivity index (χ2n) is 8.68. The molecular weight excluding hydrogens is 422 g/mol. The van der Waals surface area contributed by atoms with E-state index in [1.807, 2.05) is 19.1 Å². The van der Waals surface area contributed by atoms with Crippen LogP contribution in [0, 0.1) is 0 Å². The average molecular weight is 450 g/mol. The molecule has 1 amide bonds. The quantitative estimate of drug-likeness (QED) is 0.425. The van der Waals surface area contributed by atoms with Crippen LogP contribution in [-0.4, -0.2) is 77.1 Å². The second kappa shape index (κ2) is 8.96. The Kier molecular flexibility index (Phi) is 5.86. The van der Waals surface area contributed by atoms with Crippen LogP contribution in [0.2, 0.25) is 0 Å². The number of likely N-dealkylation sites (tertiary alicyclic amines) is 1. The number of pyridine rings is 1. The van der Waals surface area contributed by atoms with Crippen molar-refractivity contribution in [3.63, 3.8) is 0 Å². The van der Waals surface area contributed by atoms with E-state index in [1.165, 1.54) is 0 Å². The van der Waals surface area contributed by atoms with Gasteiger partial charge in [0.15, 0.2) is 0 Å². The third kappa shape index (κ3) is 4.12. The largest absolute Gasteiger partial charge is 0.507 e. The molecule has 8 nitrogen and oxygen atoms in total. The van der Waals surface area contributed by atoms with Gasteiger partial charge in [-0.25, -0.2) is 0 Å². The first kappa shape index (κ1) is 21.6. The number of nitrogens with zero attached hydrogens (tertiary/aromatic N) is 3. The average Bonchev–Trinajstić information content (AvgIpc) is 3.34. The Labute approximate surface area is 192 Å². The SMILES string of the molecule is CC1Cc2cc(/C(O)=C3/C(=O)C(=O)N(CCN4CCOCC4)C3c3ccncc3)ccc2O1. The van der Waals surface area contributed by atoms with Crippen molar-refractivity contribution in [3.8, 4) is 5.75 Å². The minimum absolute atomic E-state index is 0.0694. The summed E-state index contributed by atoms with van der Waals surface area (Å²) in [4.78, 5) is 34.1. The molecule has 0 aliphatic carbocycles. The van der Waals surface area contributed by atoms with E-state index in [0.717, 1.165) is 36.4 Å². The first-order chi connectivity index (χ1) is 16.0. The molecule has 2 atom stereocenters. The Morgan fingerprint density at radius 3 is 2.64 bits per heavy atom. The lowest BCUT2D eigenvalue weighted by atomic mass is 9.95. The van der Waals surface area contributed by atoms with Crippen LogP contribution in [0.25, 0.3) is 5.76 Å². The summed E-state index contributed by atoms with van der Waals surface area (Å²) in [6.07, 6.45) is 4.06. The Balaban J connectivity index is 1.51. The van der Waals surface area contributed by atoms with Gasteiger partial charge in [-0.3, -0.25) is 19.5 Å². The number of fused-ring (bicyclic) bond motifs is 1. The Bertz CT molecular complexity index is 1090. The van der Waals surface area contributed by atoms with Gasteiger partial charge in [0.2, 0.25) is 0 Å². The minimum atomic E-state index is -0.669. The molecule has 0 saturated carbocycles. The van der Waals surface area contributed by atoms with Crippen molar-refractivity contribution in [2.24, 2.45) is 0 Å². The van der Waals surface area contributed by atoms with E-state index < -0.39 is 17.7 Å². The summed E-state index contributed by atoms with van der Waals surface area (Å²) in [5.41, 5.74) is 2.34. The zero-order chi connectivity index (χ0) is 22.9. The number of ether oxygens (including phenoxy) is 2. The van der Waals surface area contributed by atoms with Crippen molar-refractivity contribution in [2.45, 2.75) is 25.5 Å². The number of aliphatic hydroxyl groups excluding tert-OH is 1. The Hall–Kier alpha value is -3.23. The van der Waals surface area contributed by atoms with Gasteiger partial charge in [0, 0.05) is 50.6 Å². The van der Waals surface area contributed by atoms with Gasteiger partial charge < -0.3 is 19.5 Å². The van der Waals surface area contributed by atoms with E-state index in [1.54, 1.807) is 35.5 Å². The molecule has 1 aromatic carbocycles. The van der Waals surface area contributed by atoms with Crippen LogP contribution in [0.15, 0.2) is 48.3 Å². The topological polar surface area (TPSA) is 92.2 Å². The minimum Gasteiger partial charge on any atom is -0.507 e. The Morgan fingerprint density at radius 1 is 1.12 bits per heavy atom. The fourth-order valence-corrected chi connectivity index (χ4v) is 4.80. The number of carbonyl (C=O) groups is 2. The fourth-order valence-electron chi connectivity index (χ4n) is 4.80. The number of morpholine rings is 1. The fraction of sp³-hybridized carbons (Fsp3) is 0.400. The van der Waals surface area contributed by atoms with Gasteiger partial charge in [-0.05, 0) is 48.4 Å². The summed E-state index contributed by atoms with van der Waals surface area (Å²) >= 11 is 0. The smallest absolute Gasteiger partial charge is 0.295 e. The van der Waals surface area contributed by atoms with Crippen molar-refractivity contribution < 1.29 is 24.2 Å².